The van der Waals surface area contributed by atoms with Gasteiger partial charge in [-0.25, -0.2) is 13.1 Å². The summed E-state index contributed by atoms with van der Waals surface area (Å²) < 4.78 is 33.2. The van der Waals surface area contributed by atoms with Gasteiger partial charge in [-0.15, -0.1) is 0 Å². The molecule has 0 spiro atoms. The van der Waals surface area contributed by atoms with Gasteiger partial charge in [-0.1, -0.05) is 30.3 Å². The number of ether oxygens (including phenoxy) is 1. The molecule has 2 rings (SSSR count). The van der Waals surface area contributed by atoms with Crippen LogP contribution in [0.15, 0.2) is 47.4 Å². The number of benzene rings is 2. The van der Waals surface area contributed by atoms with Gasteiger partial charge in [-0.2, -0.15) is 0 Å². The Bertz CT molecular complexity index is 942. The van der Waals surface area contributed by atoms with Crippen molar-refractivity contribution in [2.45, 2.75) is 38.5 Å². The molecule has 0 bridgehead atoms. The number of hydrogen-bond donors (Lipinski definition) is 1. The Morgan fingerprint density at radius 3 is 2.52 bits per heavy atom. The first-order valence-electron chi connectivity index (χ1n) is 9.70. The lowest BCUT2D eigenvalue weighted by molar-refractivity contribution is -0.129. The van der Waals surface area contributed by atoms with E-state index in [1.807, 2.05) is 44.2 Å². The van der Waals surface area contributed by atoms with Crippen molar-refractivity contribution < 1.29 is 17.9 Å². The third kappa shape index (κ3) is 6.87. The molecule has 2 aromatic carbocycles. The van der Waals surface area contributed by atoms with Crippen LogP contribution in [0.4, 0.5) is 0 Å². The molecule has 0 saturated heterocycles. The van der Waals surface area contributed by atoms with Crippen LogP contribution in [0.3, 0.4) is 0 Å². The number of carbonyl (C=O) groups excluding carboxylic acids is 1. The summed E-state index contributed by atoms with van der Waals surface area (Å²) in [6.45, 7) is 6.73. The van der Waals surface area contributed by atoms with Gasteiger partial charge in [0.2, 0.25) is 15.9 Å². The summed E-state index contributed by atoms with van der Waals surface area (Å²) in [5, 5.41) is 0. The van der Waals surface area contributed by atoms with Crippen LogP contribution in [0.2, 0.25) is 0 Å². The van der Waals surface area contributed by atoms with Crippen LogP contribution in [-0.2, 0) is 14.8 Å². The number of hydrogen-bond acceptors (Lipinski definition) is 4. The van der Waals surface area contributed by atoms with E-state index in [0.717, 1.165) is 16.9 Å². The number of aryl methyl sites for hydroxylation is 3. The predicted molar refractivity (Wildman–Crippen MR) is 115 cm³/mol. The molecule has 7 heteroatoms. The Balaban J connectivity index is 1.74. The molecule has 0 unspecified atom stereocenters. The molecule has 0 saturated carbocycles. The highest BCUT2D eigenvalue weighted by atomic mass is 32.2. The molecule has 29 heavy (non-hydrogen) atoms. The topological polar surface area (TPSA) is 75.7 Å². The normalized spacial score (nSPS) is 11.3. The van der Waals surface area contributed by atoms with E-state index in [1.165, 1.54) is 0 Å². The molecule has 6 nitrogen and oxygen atoms in total. The summed E-state index contributed by atoms with van der Waals surface area (Å²) >= 11 is 0. The summed E-state index contributed by atoms with van der Waals surface area (Å²) in [7, 11) is -1.91. The van der Waals surface area contributed by atoms with E-state index < -0.39 is 10.0 Å². The maximum absolute atomic E-state index is 12.5. The van der Waals surface area contributed by atoms with E-state index in [4.69, 9.17) is 4.74 Å². The average Bonchev–Trinajstić information content (AvgIpc) is 2.67. The van der Waals surface area contributed by atoms with Crippen molar-refractivity contribution in [3.63, 3.8) is 0 Å². The van der Waals surface area contributed by atoms with Gasteiger partial charge in [0.05, 0.1) is 11.5 Å². The van der Waals surface area contributed by atoms with Crippen molar-refractivity contribution >= 4 is 15.9 Å². The van der Waals surface area contributed by atoms with Crippen LogP contribution >= 0.6 is 0 Å². The van der Waals surface area contributed by atoms with E-state index >= 15 is 0 Å². The quantitative estimate of drug-likeness (QED) is 0.601. The Kier molecular flexibility index (Phi) is 8.22. The van der Waals surface area contributed by atoms with E-state index in [9.17, 15) is 13.2 Å². The Morgan fingerprint density at radius 2 is 1.79 bits per heavy atom. The second-order valence-corrected chi connectivity index (χ2v) is 8.93. The van der Waals surface area contributed by atoms with Crippen LogP contribution in [0.1, 0.15) is 29.5 Å². The average molecular weight is 419 g/mol. The molecule has 158 valence electrons. The van der Waals surface area contributed by atoms with E-state index in [0.29, 0.717) is 25.1 Å². The molecule has 2 aromatic rings. The highest BCUT2D eigenvalue weighted by Gasteiger charge is 2.17. The van der Waals surface area contributed by atoms with Crippen molar-refractivity contribution in [3.8, 4) is 5.75 Å². The number of sulfonamides is 1. The van der Waals surface area contributed by atoms with Gasteiger partial charge in [-0.05, 0) is 56.0 Å². The smallest absolute Gasteiger partial charge is 0.240 e. The van der Waals surface area contributed by atoms with Crippen LogP contribution in [0.25, 0.3) is 0 Å². The number of nitrogens with zero attached hydrogens (tertiary/aromatic N) is 1. The number of carbonyl (C=O) groups is 1. The minimum atomic E-state index is -3.63. The maximum atomic E-state index is 12.5. The first-order valence-corrected chi connectivity index (χ1v) is 11.2. The summed E-state index contributed by atoms with van der Waals surface area (Å²) in [4.78, 5) is 14.1. The molecular weight excluding hydrogens is 388 g/mol. The molecule has 0 atom stereocenters. The Hall–Kier alpha value is -2.38. The van der Waals surface area contributed by atoms with Gasteiger partial charge in [0.1, 0.15) is 5.75 Å². The van der Waals surface area contributed by atoms with Crippen molar-refractivity contribution in [2.24, 2.45) is 0 Å². The van der Waals surface area contributed by atoms with E-state index in [1.54, 1.807) is 31.0 Å². The largest absolute Gasteiger partial charge is 0.493 e. The van der Waals surface area contributed by atoms with Crippen LogP contribution in [0, 0.1) is 20.8 Å². The molecule has 0 heterocycles. The van der Waals surface area contributed by atoms with Crippen molar-refractivity contribution in [1.82, 2.24) is 9.62 Å². The molecule has 0 fully saturated rings. The van der Waals surface area contributed by atoms with Gasteiger partial charge in [-0.3, -0.25) is 4.79 Å². The SMILES string of the molecule is Cc1ccc(C)c(S(=O)(=O)NCCC(=O)N(C)CCCOc2ccccc2C)c1. The lowest BCUT2D eigenvalue weighted by Gasteiger charge is -2.18. The molecule has 1 amide bonds. The zero-order valence-electron chi connectivity index (χ0n) is 17.6. The molecule has 0 aliphatic carbocycles. The first-order chi connectivity index (χ1) is 13.7. The fourth-order valence-corrected chi connectivity index (χ4v) is 4.24. The highest BCUT2D eigenvalue weighted by Crippen LogP contribution is 2.17. The first kappa shape index (κ1) is 22.9. The summed E-state index contributed by atoms with van der Waals surface area (Å²) in [6.07, 6.45) is 0.810. The van der Waals surface area contributed by atoms with Gasteiger partial charge in [0, 0.05) is 26.6 Å². The van der Waals surface area contributed by atoms with Crippen molar-refractivity contribution in [2.75, 3.05) is 26.7 Å². The summed E-state index contributed by atoms with van der Waals surface area (Å²) in [6, 6.07) is 13.1. The van der Waals surface area contributed by atoms with Crippen molar-refractivity contribution in [3.05, 3.63) is 59.2 Å². The Morgan fingerprint density at radius 1 is 1.07 bits per heavy atom. The number of nitrogens with one attached hydrogen (secondary N) is 1. The number of amides is 1. The molecule has 0 aromatic heterocycles. The van der Waals surface area contributed by atoms with Gasteiger partial charge < -0.3 is 9.64 Å². The van der Waals surface area contributed by atoms with E-state index in [-0.39, 0.29) is 23.8 Å². The summed E-state index contributed by atoms with van der Waals surface area (Å²) in [5.41, 5.74) is 2.63. The second-order valence-electron chi connectivity index (χ2n) is 7.20. The van der Waals surface area contributed by atoms with Crippen molar-refractivity contribution in [1.29, 1.82) is 0 Å². The molecule has 0 radical (unpaired) electrons. The highest BCUT2D eigenvalue weighted by molar-refractivity contribution is 7.89. The summed E-state index contributed by atoms with van der Waals surface area (Å²) in [5.74, 6) is 0.742. The zero-order valence-corrected chi connectivity index (χ0v) is 18.4. The maximum Gasteiger partial charge on any atom is 0.240 e. The fraction of sp³-hybridized carbons (Fsp3) is 0.409. The van der Waals surface area contributed by atoms with Gasteiger partial charge in [0.25, 0.3) is 0 Å². The predicted octanol–water partition coefficient (Wildman–Crippen LogP) is 3.21. The lowest BCUT2D eigenvalue weighted by atomic mass is 10.2. The minimum absolute atomic E-state index is 0.0681. The molecule has 0 aliphatic rings. The second kappa shape index (κ2) is 10.4. The monoisotopic (exact) mass is 418 g/mol. The van der Waals surface area contributed by atoms with Crippen LogP contribution in [0.5, 0.6) is 5.75 Å². The lowest BCUT2D eigenvalue weighted by Crippen LogP contribution is -2.33. The third-order valence-electron chi connectivity index (χ3n) is 4.68. The molecule has 0 aliphatic heterocycles. The van der Waals surface area contributed by atoms with Crippen LogP contribution < -0.4 is 9.46 Å². The minimum Gasteiger partial charge on any atom is -0.493 e. The fourth-order valence-electron chi connectivity index (χ4n) is 2.88. The number of rotatable bonds is 10. The molecular formula is C22H30N2O4S. The van der Waals surface area contributed by atoms with Gasteiger partial charge in [0.15, 0.2) is 0 Å². The number of para-hydroxylation sites is 1. The zero-order chi connectivity index (χ0) is 21.4. The molecule has 1 N–H and O–H groups in total. The third-order valence-corrected chi connectivity index (χ3v) is 6.28. The Labute approximate surface area is 173 Å². The van der Waals surface area contributed by atoms with Gasteiger partial charge >= 0.3 is 0 Å². The van der Waals surface area contributed by atoms with E-state index in [2.05, 4.69) is 4.72 Å². The van der Waals surface area contributed by atoms with Crippen LogP contribution in [-0.4, -0.2) is 46.0 Å². The standard InChI is InChI=1S/C22H30N2O4S/c1-17-10-11-19(3)21(16-17)29(26,27)23-13-12-22(25)24(4)14-7-15-28-20-9-6-5-8-18(20)2/h5-6,8-11,16,23H,7,12-15H2,1-4H3.